The van der Waals surface area contributed by atoms with Gasteiger partial charge >= 0.3 is 65.7 Å². The van der Waals surface area contributed by atoms with Gasteiger partial charge in [-0.25, -0.2) is 19.4 Å². The molecule has 28 heteroatoms. The summed E-state index contributed by atoms with van der Waals surface area (Å²) in [6, 6.07) is 0. The molecule has 28 nitrogen and oxygen atoms in total. The Morgan fingerprint density at radius 2 is 0.775 bits per heavy atom. The van der Waals surface area contributed by atoms with Crippen LogP contribution in [0.3, 0.4) is 0 Å². The fourth-order valence-corrected chi connectivity index (χ4v) is 25.9. The predicted molar refractivity (Wildman–Crippen MR) is 377 cm³/mol. The van der Waals surface area contributed by atoms with E-state index in [0.29, 0.717) is 131 Å². The van der Waals surface area contributed by atoms with Gasteiger partial charge in [0.2, 0.25) is 0 Å². The van der Waals surface area contributed by atoms with Gasteiger partial charge in [-0.1, -0.05) is 58.8 Å². The molecule has 0 spiro atoms. The van der Waals surface area contributed by atoms with Crippen molar-refractivity contribution in [1.29, 1.82) is 0 Å². The van der Waals surface area contributed by atoms with Crippen LogP contribution in [-0.2, 0) is 124 Å². The Balaban J connectivity index is 0.615. The molecule has 0 aromatic heterocycles. The molecule has 20 atom stereocenters. The van der Waals surface area contributed by atoms with E-state index < -0.39 is 195 Å². The number of esters is 11. The van der Waals surface area contributed by atoms with E-state index in [0.717, 1.165) is 51.4 Å². The predicted octanol–water partition coefficient (Wildman–Crippen LogP) is 9.37. The standard InChI is InChI=1S/C83H114O28/c1-81(49-20-42-18-43(22-49)23-50(81)21-42)64(110-95)33-98-72(86)46-10-9-11-53(28-46)105-41-97-37-83(39-103-77(91)58-16-7-4-13-55(58)74(88)100-35-66(84)106-68-47-29-60-62(31-47)79(93)108-70(60)68,40-104-78(92)59-17-8-5-14-56(59)75(89)101-36-67(85)107-69-48-30-61-63(32-48)80(94)109-71(61)69)38-102-76(90)57-15-6-3-12-54(57)73(87)99-34-65(111-96)82(2)51-24-44-19-45(26-51)27-52(82)25-44/h42-65,68-71,95-96H,3-41H2,1-2H3. The molecule has 614 valence electrons. The second-order valence-electron chi connectivity index (χ2n) is 37.7. The summed E-state index contributed by atoms with van der Waals surface area (Å²) in [6.07, 6.45) is 15.4. The minimum absolute atomic E-state index is 0.0326. The Labute approximate surface area is 646 Å². The molecule has 18 fully saturated rings. The van der Waals surface area contributed by atoms with E-state index in [1.54, 1.807) is 0 Å². The monoisotopic (exact) mass is 1560 g/mol. The first-order valence-electron chi connectivity index (χ1n) is 42.3. The minimum Gasteiger partial charge on any atom is -0.464 e. The van der Waals surface area contributed by atoms with Gasteiger partial charge in [-0.3, -0.25) is 53.7 Å². The first kappa shape index (κ1) is 78.8. The Morgan fingerprint density at radius 3 is 1.15 bits per heavy atom. The molecule has 0 amide bonds. The van der Waals surface area contributed by atoms with Crippen molar-refractivity contribution in [3.8, 4) is 0 Å². The van der Waals surface area contributed by atoms with Gasteiger partial charge < -0.3 is 61.6 Å². The van der Waals surface area contributed by atoms with Crippen molar-refractivity contribution in [1.82, 2.24) is 0 Å². The van der Waals surface area contributed by atoms with Crippen molar-refractivity contribution in [2.75, 3.05) is 59.6 Å². The number of carbonyl (C=O) groups excluding carboxylic acids is 11. The smallest absolute Gasteiger partial charge is 0.344 e. The normalized spacial score (nSPS) is 41.8. The highest BCUT2D eigenvalue weighted by molar-refractivity contribution is 5.86. The molecular formula is C83H114O28. The topological polar surface area (TPSA) is 367 Å². The Hall–Kier alpha value is -6.07. The van der Waals surface area contributed by atoms with Gasteiger partial charge in [0, 0.05) is 34.5 Å². The maximum Gasteiger partial charge on any atom is 0.344 e. The number of ether oxygens (including phenoxy) is 13. The van der Waals surface area contributed by atoms with Crippen molar-refractivity contribution < 1.29 is 135 Å². The molecule has 12 bridgehead atoms. The van der Waals surface area contributed by atoms with E-state index in [-0.39, 0.29) is 111 Å². The summed E-state index contributed by atoms with van der Waals surface area (Å²) in [7, 11) is 0. The molecule has 111 heavy (non-hydrogen) atoms. The van der Waals surface area contributed by atoms with Crippen molar-refractivity contribution >= 4 is 65.7 Å². The molecule has 20 unspecified atom stereocenters. The number of hydrogen-bond acceptors (Lipinski definition) is 28. The molecule has 2 aliphatic heterocycles. The van der Waals surface area contributed by atoms with Crippen LogP contribution in [0.25, 0.3) is 0 Å². The van der Waals surface area contributed by atoms with E-state index >= 15 is 4.79 Å². The Kier molecular flexibility index (Phi) is 23.4. The molecule has 0 radical (unpaired) electrons. The number of hydrogen-bond donors (Lipinski definition) is 2. The highest BCUT2D eigenvalue weighted by Gasteiger charge is 2.66. The van der Waals surface area contributed by atoms with Crippen LogP contribution in [0.2, 0.25) is 0 Å². The third-order valence-electron chi connectivity index (χ3n) is 31.6. The summed E-state index contributed by atoms with van der Waals surface area (Å²) in [6.45, 7) is -0.447. The second-order valence-corrected chi connectivity index (χ2v) is 37.7. The maximum atomic E-state index is 15.0. The fraction of sp³-hybridized carbons (Fsp3) is 0.867. The average molecular weight is 1560 g/mol. The fourth-order valence-electron chi connectivity index (χ4n) is 25.9. The van der Waals surface area contributed by atoms with Crippen LogP contribution < -0.4 is 0 Å². The lowest BCUT2D eigenvalue weighted by Crippen LogP contribution is -2.58. The van der Waals surface area contributed by atoms with Crippen LogP contribution in [0, 0.1) is 141 Å². The first-order valence-corrected chi connectivity index (χ1v) is 42.3. The van der Waals surface area contributed by atoms with E-state index in [1.165, 1.54) is 12.8 Å². The van der Waals surface area contributed by atoms with E-state index in [2.05, 4.69) is 13.8 Å². The van der Waals surface area contributed by atoms with Crippen LogP contribution in [0.5, 0.6) is 0 Å². The number of carbonyl (C=O) groups is 11. The van der Waals surface area contributed by atoms with Crippen LogP contribution in [0.4, 0.5) is 0 Å². The zero-order valence-corrected chi connectivity index (χ0v) is 64.3. The summed E-state index contributed by atoms with van der Waals surface area (Å²) in [5.41, 5.74) is -2.59. The van der Waals surface area contributed by atoms with Gasteiger partial charge in [0.15, 0.2) is 13.2 Å². The summed E-state index contributed by atoms with van der Waals surface area (Å²) in [5.74, 6) is -11.1. The largest absolute Gasteiger partial charge is 0.464 e. The molecule has 16 aliphatic carbocycles. The summed E-state index contributed by atoms with van der Waals surface area (Å²) in [4.78, 5) is 164. The highest BCUT2D eigenvalue weighted by atomic mass is 17.1. The van der Waals surface area contributed by atoms with E-state index in [4.69, 9.17) is 71.4 Å². The quantitative estimate of drug-likeness (QED) is 0.0158. The van der Waals surface area contributed by atoms with Crippen LogP contribution >= 0.6 is 0 Å². The second kappa shape index (κ2) is 32.9. The van der Waals surface area contributed by atoms with Crippen molar-refractivity contribution in [2.24, 2.45) is 141 Å². The summed E-state index contributed by atoms with van der Waals surface area (Å²) >= 11 is 0. The van der Waals surface area contributed by atoms with Gasteiger partial charge in [-0.2, -0.15) is 0 Å². The minimum atomic E-state index is -1.81. The lowest BCUT2D eigenvalue weighted by molar-refractivity contribution is -0.333. The lowest BCUT2D eigenvalue weighted by Gasteiger charge is -2.61. The van der Waals surface area contributed by atoms with Gasteiger partial charge in [0.25, 0.3) is 0 Å². The SMILES string of the molecule is CC1(C(COC(=O)C2CCCC(OCOCC(COC(=O)C3CCCCC3C(=O)OCC(=O)OC3C4CC5C(=O)OC3C5C4)(COC(=O)C3CCCCC3C(=O)OCC(=O)OC3C4CC5C(=O)OC3C5C4)COC(=O)C3CCCCC3C(=O)OCC(OO)C3(C)C4CC5CC(C4)CC3C5)C2)OO)C2CC3CC(C2)CC1C3. The Bertz CT molecular complexity index is 3330. The maximum absolute atomic E-state index is 15.0. The van der Waals surface area contributed by atoms with Gasteiger partial charge in [-0.05, 0) is 195 Å². The van der Waals surface area contributed by atoms with Gasteiger partial charge in [-0.15, -0.1) is 0 Å². The van der Waals surface area contributed by atoms with Crippen molar-refractivity contribution in [3.63, 3.8) is 0 Å². The van der Waals surface area contributed by atoms with Gasteiger partial charge in [0.05, 0.1) is 71.4 Å². The third-order valence-corrected chi connectivity index (χ3v) is 31.6. The van der Waals surface area contributed by atoms with Crippen molar-refractivity contribution in [3.05, 3.63) is 0 Å². The molecule has 2 saturated heterocycles. The number of rotatable bonds is 32. The molecule has 18 aliphatic rings. The molecule has 0 aromatic rings. The molecule has 16 saturated carbocycles. The lowest BCUT2D eigenvalue weighted by atomic mass is 9.44. The average Bonchev–Trinajstić information content (AvgIpc) is 1.30. The highest BCUT2D eigenvalue weighted by Crippen LogP contribution is 2.66. The zero-order valence-electron chi connectivity index (χ0n) is 64.3. The van der Waals surface area contributed by atoms with E-state index in [9.17, 15) is 58.5 Å². The van der Waals surface area contributed by atoms with Crippen LogP contribution in [0.15, 0.2) is 0 Å². The molecular weight excluding hydrogens is 1440 g/mol. The summed E-state index contributed by atoms with van der Waals surface area (Å²) < 4.78 is 77.6. The summed E-state index contributed by atoms with van der Waals surface area (Å²) in [5, 5.41) is 20.9. The molecule has 0 aromatic carbocycles. The van der Waals surface area contributed by atoms with Crippen LogP contribution in [0.1, 0.15) is 206 Å². The molecule has 18 rings (SSSR count). The van der Waals surface area contributed by atoms with Gasteiger partial charge in [0.1, 0.15) is 76.5 Å². The Morgan fingerprint density at radius 1 is 0.414 bits per heavy atom. The number of fused-ring (bicyclic) bond motifs is 2. The van der Waals surface area contributed by atoms with Crippen LogP contribution in [-0.4, -0.2) is 179 Å². The zero-order chi connectivity index (χ0) is 77.2. The molecule has 2 heterocycles. The third kappa shape index (κ3) is 15.6. The first-order chi connectivity index (χ1) is 53.6. The van der Waals surface area contributed by atoms with Crippen molar-refractivity contribution in [2.45, 2.75) is 249 Å². The molecule has 2 N–H and O–H groups in total. The van der Waals surface area contributed by atoms with E-state index in [1.807, 2.05) is 0 Å².